The molecule has 0 aliphatic carbocycles. The van der Waals surface area contributed by atoms with Gasteiger partial charge in [-0.1, -0.05) is 18.2 Å². The standard InChI is InChI=1S/C18H27N3O2/c1-13-16(12-19-20-13)18(22)21-9-7-14(8-10-21)11-15-5-3-4-6-17(15)23-2/h3-6,13-14,16,19-20H,7-12H2,1-2H3. The van der Waals surface area contributed by atoms with Crippen LogP contribution in [0.2, 0.25) is 0 Å². The Kier molecular flexibility index (Phi) is 5.18. The average Bonchev–Trinajstić information content (AvgIpc) is 3.01. The second-order valence-electron chi connectivity index (χ2n) is 6.71. The van der Waals surface area contributed by atoms with Crippen molar-refractivity contribution >= 4 is 5.91 Å². The number of nitrogens with one attached hydrogen (secondary N) is 2. The van der Waals surface area contributed by atoms with Crippen LogP contribution in [0.5, 0.6) is 5.75 Å². The minimum absolute atomic E-state index is 0.0702. The number of nitrogens with zero attached hydrogens (tertiary/aromatic N) is 1. The SMILES string of the molecule is COc1ccccc1CC1CCN(C(=O)C2CNNC2C)CC1. The lowest BCUT2D eigenvalue weighted by Crippen LogP contribution is -2.45. The number of methoxy groups -OCH3 is 1. The van der Waals surface area contributed by atoms with Crippen molar-refractivity contribution in [2.45, 2.75) is 32.2 Å². The molecule has 1 amide bonds. The normalized spacial score (nSPS) is 25.6. The Labute approximate surface area is 138 Å². The maximum absolute atomic E-state index is 12.6. The van der Waals surface area contributed by atoms with Gasteiger partial charge in [-0.25, -0.2) is 0 Å². The van der Waals surface area contributed by atoms with Crippen LogP contribution in [-0.4, -0.2) is 43.6 Å². The van der Waals surface area contributed by atoms with E-state index in [-0.39, 0.29) is 12.0 Å². The zero-order chi connectivity index (χ0) is 16.2. The van der Waals surface area contributed by atoms with Crippen molar-refractivity contribution in [1.82, 2.24) is 15.8 Å². The number of amides is 1. The molecule has 2 unspecified atom stereocenters. The summed E-state index contributed by atoms with van der Waals surface area (Å²) in [5.41, 5.74) is 7.49. The molecule has 0 saturated carbocycles. The summed E-state index contributed by atoms with van der Waals surface area (Å²) in [7, 11) is 1.73. The molecule has 0 spiro atoms. The fraction of sp³-hybridized carbons (Fsp3) is 0.611. The fourth-order valence-electron chi connectivity index (χ4n) is 3.68. The maximum atomic E-state index is 12.6. The molecule has 0 bridgehead atoms. The molecule has 5 heteroatoms. The predicted molar refractivity (Wildman–Crippen MR) is 90.1 cm³/mol. The molecule has 5 nitrogen and oxygen atoms in total. The summed E-state index contributed by atoms with van der Waals surface area (Å²) in [6.07, 6.45) is 3.19. The first kappa shape index (κ1) is 16.3. The second kappa shape index (κ2) is 7.32. The van der Waals surface area contributed by atoms with Crippen LogP contribution in [0.15, 0.2) is 24.3 Å². The van der Waals surface area contributed by atoms with Crippen molar-refractivity contribution in [2.24, 2.45) is 11.8 Å². The number of likely N-dealkylation sites (tertiary alicyclic amines) is 1. The number of benzene rings is 1. The van der Waals surface area contributed by atoms with Gasteiger partial charge in [0.15, 0.2) is 0 Å². The number of hydrazine groups is 1. The molecule has 2 aliphatic rings. The quantitative estimate of drug-likeness (QED) is 0.885. The van der Waals surface area contributed by atoms with E-state index in [2.05, 4.69) is 34.8 Å². The van der Waals surface area contributed by atoms with Crippen LogP contribution in [0.3, 0.4) is 0 Å². The highest BCUT2D eigenvalue weighted by atomic mass is 16.5. The van der Waals surface area contributed by atoms with Gasteiger partial charge in [0, 0.05) is 25.7 Å². The summed E-state index contributed by atoms with van der Waals surface area (Å²) in [4.78, 5) is 14.7. The second-order valence-corrected chi connectivity index (χ2v) is 6.71. The van der Waals surface area contributed by atoms with E-state index in [1.54, 1.807) is 7.11 Å². The van der Waals surface area contributed by atoms with E-state index in [4.69, 9.17) is 4.74 Å². The number of piperidine rings is 1. The fourth-order valence-corrected chi connectivity index (χ4v) is 3.68. The first-order valence-corrected chi connectivity index (χ1v) is 8.58. The van der Waals surface area contributed by atoms with Gasteiger partial charge in [-0.15, -0.1) is 0 Å². The van der Waals surface area contributed by atoms with Gasteiger partial charge in [0.1, 0.15) is 5.75 Å². The van der Waals surface area contributed by atoms with E-state index in [9.17, 15) is 4.79 Å². The van der Waals surface area contributed by atoms with Gasteiger partial charge in [-0.2, -0.15) is 0 Å². The Morgan fingerprint density at radius 3 is 2.70 bits per heavy atom. The highest BCUT2D eigenvalue weighted by Gasteiger charge is 2.34. The van der Waals surface area contributed by atoms with Crippen LogP contribution in [0.1, 0.15) is 25.3 Å². The summed E-state index contributed by atoms with van der Waals surface area (Å²) < 4.78 is 5.45. The van der Waals surface area contributed by atoms with Crippen molar-refractivity contribution in [3.8, 4) is 5.75 Å². The summed E-state index contributed by atoms with van der Waals surface area (Å²) in [5, 5.41) is 0. The number of carbonyl (C=O) groups is 1. The van der Waals surface area contributed by atoms with Crippen LogP contribution in [0.25, 0.3) is 0 Å². The maximum Gasteiger partial charge on any atom is 0.228 e. The lowest BCUT2D eigenvalue weighted by atomic mass is 9.89. The topological polar surface area (TPSA) is 53.6 Å². The zero-order valence-corrected chi connectivity index (χ0v) is 14.0. The molecular formula is C18H27N3O2. The summed E-state index contributed by atoms with van der Waals surface area (Å²) >= 11 is 0. The largest absolute Gasteiger partial charge is 0.496 e. The van der Waals surface area contributed by atoms with Gasteiger partial charge >= 0.3 is 0 Å². The predicted octanol–water partition coefficient (Wildman–Crippen LogP) is 1.59. The molecule has 1 aromatic rings. The number of para-hydroxylation sites is 1. The molecule has 3 rings (SSSR count). The van der Waals surface area contributed by atoms with E-state index < -0.39 is 0 Å². The van der Waals surface area contributed by atoms with Crippen LogP contribution < -0.4 is 15.6 Å². The molecule has 0 radical (unpaired) electrons. The number of ether oxygens (including phenoxy) is 1. The van der Waals surface area contributed by atoms with Crippen LogP contribution in [0, 0.1) is 11.8 Å². The Balaban J connectivity index is 1.53. The van der Waals surface area contributed by atoms with E-state index in [1.807, 2.05) is 12.1 Å². The molecule has 2 N–H and O–H groups in total. The third kappa shape index (κ3) is 3.67. The zero-order valence-electron chi connectivity index (χ0n) is 14.0. The summed E-state index contributed by atoms with van der Waals surface area (Å²) in [5.74, 6) is 1.97. The van der Waals surface area contributed by atoms with Gasteiger partial charge in [0.2, 0.25) is 5.91 Å². The van der Waals surface area contributed by atoms with Gasteiger partial charge in [0.25, 0.3) is 0 Å². The average molecular weight is 317 g/mol. The molecule has 2 heterocycles. The van der Waals surface area contributed by atoms with Crippen LogP contribution in [0.4, 0.5) is 0 Å². The lowest BCUT2D eigenvalue weighted by Gasteiger charge is -2.34. The van der Waals surface area contributed by atoms with Gasteiger partial charge in [-0.3, -0.25) is 15.6 Å². The van der Waals surface area contributed by atoms with Crippen LogP contribution in [-0.2, 0) is 11.2 Å². The number of carbonyl (C=O) groups excluding carboxylic acids is 1. The number of rotatable bonds is 4. The van der Waals surface area contributed by atoms with Crippen molar-refractivity contribution in [3.63, 3.8) is 0 Å². The smallest absolute Gasteiger partial charge is 0.228 e. The molecule has 2 aliphatic heterocycles. The van der Waals surface area contributed by atoms with E-state index >= 15 is 0 Å². The molecule has 2 fully saturated rings. The minimum atomic E-state index is 0.0702. The van der Waals surface area contributed by atoms with E-state index in [0.717, 1.165) is 44.6 Å². The minimum Gasteiger partial charge on any atom is -0.496 e. The molecule has 1 aromatic carbocycles. The molecular weight excluding hydrogens is 290 g/mol. The van der Waals surface area contributed by atoms with Gasteiger partial charge in [-0.05, 0) is 43.7 Å². The number of hydrogen-bond acceptors (Lipinski definition) is 4. The highest BCUT2D eigenvalue weighted by molar-refractivity contribution is 5.80. The Morgan fingerprint density at radius 1 is 1.30 bits per heavy atom. The molecule has 126 valence electrons. The molecule has 23 heavy (non-hydrogen) atoms. The third-order valence-electron chi connectivity index (χ3n) is 5.20. The Morgan fingerprint density at radius 2 is 2.04 bits per heavy atom. The van der Waals surface area contributed by atoms with Crippen molar-refractivity contribution in [2.75, 3.05) is 26.7 Å². The van der Waals surface area contributed by atoms with Gasteiger partial charge in [0.05, 0.1) is 13.0 Å². The van der Waals surface area contributed by atoms with E-state index in [0.29, 0.717) is 11.8 Å². The van der Waals surface area contributed by atoms with Crippen molar-refractivity contribution < 1.29 is 9.53 Å². The first-order valence-electron chi connectivity index (χ1n) is 8.58. The van der Waals surface area contributed by atoms with Crippen LogP contribution >= 0.6 is 0 Å². The monoisotopic (exact) mass is 317 g/mol. The summed E-state index contributed by atoms with van der Waals surface area (Å²) in [6.45, 7) is 4.56. The van der Waals surface area contributed by atoms with E-state index in [1.165, 1.54) is 5.56 Å². The highest BCUT2D eigenvalue weighted by Crippen LogP contribution is 2.27. The third-order valence-corrected chi connectivity index (χ3v) is 5.20. The molecule has 2 saturated heterocycles. The van der Waals surface area contributed by atoms with Crippen molar-refractivity contribution in [3.05, 3.63) is 29.8 Å². The molecule has 2 atom stereocenters. The Bertz CT molecular complexity index is 541. The molecule has 0 aromatic heterocycles. The lowest BCUT2D eigenvalue weighted by molar-refractivity contribution is -0.136. The van der Waals surface area contributed by atoms with Gasteiger partial charge < -0.3 is 9.64 Å². The number of hydrogen-bond donors (Lipinski definition) is 2. The Hall–Kier alpha value is -1.59. The summed E-state index contributed by atoms with van der Waals surface area (Å²) in [6, 6.07) is 8.46. The first-order chi connectivity index (χ1) is 11.2. The van der Waals surface area contributed by atoms with Crippen molar-refractivity contribution in [1.29, 1.82) is 0 Å².